The Bertz CT molecular complexity index is 922. The summed E-state index contributed by atoms with van der Waals surface area (Å²) in [4.78, 5) is 32.1. The Hall–Kier alpha value is -2.71. The molecule has 0 aliphatic rings. The number of nitrogens with zero attached hydrogens (tertiary/aromatic N) is 2. The SMILES string of the molecule is CCN(CC(=O)Nc1ccccc1OC)C(=O)c1csc(-c2cccs2)n1. The second-order valence-electron chi connectivity index (χ2n) is 5.58. The van der Waals surface area contributed by atoms with Crippen molar-refractivity contribution < 1.29 is 14.3 Å². The van der Waals surface area contributed by atoms with Crippen LogP contribution in [0, 0.1) is 0 Å². The van der Waals surface area contributed by atoms with Crippen molar-refractivity contribution in [2.75, 3.05) is 25.5 Å². The van der Waals surface area contributed by atoms with Gasteiger partial charge in [0.05, 0.1) is 17.7 Å². The monoisotopic (exact) mass is 401 g/mol. The molecule has 0 atom stereocenters. The number of methoxy groups -OCH3 is 1. The summed E-state index contributed by atoms with van der Waals surface area (Å²) >= 11 is 3.00. The van der Waals surface area contributed by atoms with Gasteiger partial charge in [0.25, 0.3) is 5.91 Å². The molecule has 27 heavy (non-hydrogen) atoms. The number of likely N-dealkylation sites (N-methyl/N-ethyl adjacent to an activating group) is 1. The number of hydrogen-bond donors (Lipinski definition) is 1. The Balaban J connectivity index is 1.67. The predicted molar refractivity (Wildman–Crippen MR) is 109 cm³/mol. The highest BCUT2D eigenvalue weighted by atomic mass is 32.1. The van der Waals surface area contributed by atoms with Gasteiger partial charge in [-0.25, -0.2) is 4.98 Å². The van der Waals surface area contributed by atoms with Gasteiger partial charge in [-0.1, -0.05) is 18.2 Å². The number of thiazole rings is 1. The molecule has 0 aliphatic carbocycles. The molecular formula is C19H19N3O3S2. The molecular weight excluding hydrogens is 382 g/mol. The van der Waals surface area contributed by atoms with E-state index in [4.69, 9.17) is 4.74 Å². The molecule has 1 aromatic carbocycles. The zero-order valence-corrected chi connectivity index (χ0v) is 16.6. The third-order valence-electron chi connectivity index (χ3n) is 3.84. The number of amides is 2. The number of aromatic nitrogens is 1. The van der Waals surface area contributed by atoms with E-state index in [0.717, 1.165) is 9.88 Å². The van der Waals surface area contributed by atoms with E-state index in [0.29, 0.717) is 23.7 Å². The molecule has 0 unspecified atom stereocenters. The summed E-state index contributed by atoms with van der Waals surface area (Å²) in [7, 11) is 1.54. The fourth-order valence-corrected chi connectivity index (χ4v) is 4.09. The van der Waals surface area contributed by atoms with Crippen molar-refractivity contribution in [2.24, 2.45) is 0 Å². The second-order valence-corrected chi connectivity index (χ2v) is 7.39. The van der Waals surface area contributed by atoms with E-state index in [1.54, 1.807) is 36.0 Å². The minimum atomic E-state index is -0.289. The number of benzene rings is 1. The molecule has 0 saturated carbocycles. The van der Waals surface area contributed by atoms with Crippen molar-refractivity contribution in [1.29, 1.82) is 0 Å². The number of ether oxygens (including phenoxy) is 1. The molecule has 0 bridgehead atoms. The first-order valence-corrected chi connectivity index (χ1v) is 10.1. The van der Waals surface area contributed by atoms with Crippen LogP contribution in [0.1, 0.15) is 17.4 Å². The van der Waals surface area contributed by atoms with Crippen LogP contribution in [0.5, 0.6) is 5.75 Å². The zero-order valence-electron chi connectivity index (χ0n) is 15.0. The van der Waals surface area contributed by atoms with E-state index in [9.17, 15) is 9.59 Å². The third kappa shape index (κ3) is 4.53. The summed E-state index contributed by atoms with van der Waals surface area (Å²) in [6.07, 6.45) is 0. The zero-order chi connectivity index (χ0) is 19.2. The maximum Gasteiger partial charge on any atom is 0.273 e. The molecule has 8 heteroatoms. The lowest BCUT2D eigenvalue weighted by molar-refractivity contribution is -0.116. The van der Waals surface area contributed by atoms with E-state index in [2.05, 4.69) is 10.3 Å². The first-order valence-electron chi connectivity index (χ1n) is 8.34. The lowest BCUT2D eigenvalue weighted by Gasteiger charge is -2.19. The van der Waals surface area contributed by atoms with Gasteiger partial charge in [-0.2, -0.15) is 0 Å². The maximum absolute atomic E-state index is 12.7. The standard InChI is InChI=1S/C19H19N3O3S2/c1-3-22(11-17(23)20-13-7-4-5-8-15(13)25-2)19(24)14-12-27-18(21-14)16-9-6-10-26-16/h4-10,12H,3,11H2,1-2H3,(H,20,23). The third-order valence-corrected chi connectivity index (χ3v) is 5.72. The number of rotatable bonds is 7. The molecule has 2 aromatic heterocycles. The van der Waals surface area contributed by atoms with E-state index in [1.165, 1.54) is 16.2 Å². The van der Waals surface area contributed by atoms with Gasteiger partial charge >= 0.3 is 0 Å². The summed E-state index contributed by atoms with van der Waals surface area (Å²) in [5.41, 5.74) is 0.928. The molecule has 0 aliphatic heterocycles. The Kier molecular flexibility index (Phi) is 6.20. The van der Waals surface area contributed by atoms with Crippen molar-refractivity contribution in [3.63, 3.8) is 0 Å². The van der Waals surface area contributed by atoms with Crippen LogP contribution < -0.4 is 10.1 Å². The van der Waals surface area contributed by atoms with Crippen LogP contribution in [0.3, 0.4) is 0 Å². The minimum absolute atomic E-state index is 0.0563. The normalized spacial score (nSPS) is 10.4. The van der Waals surface area contributed by atoms with Gasteiger partial charge < -0.3 is 15.0 Å². The lowest BCUT2D eigenvalue weighted by Crippen LogP contribution is -2.38. The van der Waals surface area contributed by atoms with Gasteiger partial charge in [-0.05, 0) is 30.5 Å². The summed E-state index contributed by atoms with van der Waals surface area (Å²) in [5, 5.41) is 7.30. The molecule has 0 fully saturated rings. The van der Waals surface area contributed by atoms with Gasteiger partial charge in [0.2, 0.25) is 5.91 Å². The molecule has 140 valence electrons. The largest absolute Gasteiger partial charge is 0.495 e. The van der Waals surface area contributed by atoms with E-state index < -0.39 is 0 Å². The molecule has 3 aromatic rings. The highest BCUT2D eigenvalue weighted by Gasteiger charge is 2.21. The molecule has 1 N–H and O–H groups in total. The number of carbonyl (C=O) groups excluding carboxylic acids is 2. The van der Waals surface area contributed by atoms with Gasteiger partial charge in [-0.15, -0.1) is 22.7 Å². The van der Waals surface area contributed by atoms with Gasteiger partial charge in [0.15, 0.2) is 0 Å². The minimum Gasteiger partial charge on any atom is -0.495 e. The first kappa shape index (κ1) is 19.1. The fraction of sp³-hybridized carbons (Fsp3) is 0.211. The fourth-order valence-electron chi connectivity index (χ4n) is 2.49. The van der Waals surface area contributed by atoms with Crippen LogP contribution in [0.4, 0.5) is 5.69 Å². The van der Waals surface area contributed by atoms with E-state index >= 15 is 0 Å². The highest BCUT2D eigenvalue weighted by Crippen LogP contribution is 2.28. The summed E-state index contributed by atoms with van der Waals surface area (Å²) < 4.78 is 5.23. The van der Waals surface area contributed by atoms with E-state index in [1.807, 2.05) is 36.6 Å². The molecule has 0 spiro atoms. The summed E-state index contributed by atoms with van der Waals surface area (Å²) in [6, 6.07) is 11.1. The van der Waals surface area contributed by atoms with Crippen LogP contribution in [0.25, 0.3) is 9.88 Å². The number of carbonyl (C=O) groups is 2. The van der Waals surface area contributed by atoms with Crippen molar-refractivity contribution in [2.45, 2.75) is 6.92 Å². The lowest BCUT2D eigenvalue weighted by atomic mass is 10.3. The van der Waals surface area contributed by atoms with Crippen LogP contribution >= 0.6 is 22.7 Å². The maximum atomic E-state index is 12.7. The Morgan fingerprint density at radius 1 is 1.19 bits per heavy atom. The molecule has 2 heterocycles. The summed E-state index contributed by atoms with van der Waals surface area (Å²) in [5.74, 6) is 0.0236. The smallest absolute Gasteiger partial charge is 0.273 e. The second kappa shape index (κ2) is 8.79. The summed E-state index contributed by atoms with van der Waals surface area (Å²) in [6.45, 7) is 2.18. The Morgan fingerprint density at radius 2 is 2.00 bits per heavy atom. The molecule has 6 nitrogen and oxygen atoms in total. The molecule has 2 amide bonds. The quantitative estimate of drug-likeness (QED) is 0.650. The number of anilines is 1. The number of nitrogens with one attached hydrogen (secondary N) is 1. The first-order chi connectivity index (χ1) is 13.1. The van der Waals surface area contributed by atoms with Crippen molar-refractivity contribution in [3.8, 4) is 15.6 Å². The van der Waals surface area contributed by atoms with Crippen molar-refractivity contribution >= 4 is 40.2 Å². The number of thiophene rings is 1. The number of para-hydroxylation sites is 2. The predicted octanol–water partition coefficient (Wildman–Crippen LogP) is 3.98. The van der Waals surface area contributed by atoms with Crippen LogP contribution in [-0.2, 0) is 4.79 Å². The molecule has 3 rings (SSSR count). The highest BCUT2D eigenvalue weighted by molar-refractivity contribution is 7.20. The molecule has 0 radical (unpaired) electrons. The van der Waals surface area contributed by atoms with Crippen molar-refractivity contribution in [3.05, 3.63) is 52.9 Å². The van der Waals surface area contributed by atoms with Gasteiger partial charge in [0, 0.05) is 11.9 Å². The van der Waals surface area contributed by atoms with Crippen molar-refractivity contribution in [1.82, 2.24) is 9.88 Å². The molecule has 0 saturated heterocycles. The Labute approximate surface area is 165 Å². The van der Waals surface area contributed by atoms with Crippen LogP contribution in [0.2, 0.25) is 0 Å². The topological polar surface area (TPSA) is 71.5 Å². The van der Waals surface area contributed by atoms with Gasteiger partial charge in [-0.3, -0.25) is 9.59 Å². The average molecular weight is 402 g/mol. The van der Waals surface area contributed by atoms with Gasteiger partial charge in [0.1, 0.15) is 23.0 Å². The Morgan fingerprint density at radius 3 is 2.70 bits per heavy atom. The van der Waals surface area contributed by atoms with E-state index in [-0.39, 0.29) is 18.4 Å². The van der Waals surface area contributed by atoms with Crippen LogP contribution in [-0.4, -0.2) is 41.9 Å². The van der Waals surface area contributed by atoms with Crippen LogP contribution in [0.15, 0.2) is 47.2 Å². The number of hydrogen-bond acceptors (Lipinski definition) is 6. The average Bonchev–Trinajstić information content (AvgIpc) is 3.37.